The molecule has 4 heteroatoms. The summed E-state index contributed by atoms with van der Waals surface area (Å²) >= 11 is 5.92. The van der Waals surface area contributed by atoms with E-state index in [2.05, 4.69) is 23.8 Å². The van der Waals surface area contributed by atoms with Gasteiger partial charge in [0.15, 0.2) is 0 Å². The van der Waals surface area contributed by atoms with Crippen LogP contribution in [0.4, 0.5) is 11.4 Å². The minimum absolute atomic E-state index is 0.536. The fourth-order valence-electron chi connectivity index (χ4n) is 0.975. The van der Waals surface area contributed by atoms with Crippen LogP contribution >= 0.6 is 11.6 Å². The number of anilines is 2. The first kappa shape index (κ1) is 10.9. The second-order valence-electron chi connectivity index (χ2n) is 3.04. The molecule has 76 valence electrons. The lowest BCUT2D eigenvalue weighted by Gasteiger charge is -2.10. The van der Waals surface area contributed by atoms with Crippen LogP contribution in [0, 0.1) is 0 Å². The molecule has 0 saturated carbocycles. The van der Waals surface area contributed by atoms with Crippen LogP contribution in [0.15, 0.2) is 24.5 Å². The summed E-state index contributed by atoms with van der Waals surface area (Å²) in [6.07, 6.45) is 4.08. The van der Waals surface area contributed by atoms with Gasteiger partial charge in [-0.05, 0) is 6.42 Å². The van der Waals surface area contributed by atoms with Crippen molar-refractivity contribution < 1.29 is 0 Å². The molecule has 0 aliphatic carbocycles. The Morgan fingerprint density at radius 1 is 1.64 bits per heavy atom. The zero-order valence-corrected chi connectivity index (χ0v) is 8.93. The molecule has 0 atom stereocenters. The number of hydrogen-bond donors (Lipinski definition) is 2. The van der Waals surface area contributed by atoms with Crippen molar-refractivity contribution in [3.63, 3.8) is 0 Å². The molecule has 0 fully saturated rings. The van der Waals surface area contributed by atoms with Crippen molar-refractivity contribution in [3.8, 4) is 0 Å². The van der Waals surface area contributed by atoms with Gasteiger partial charge in [0.25, 0.3) is 0 Å². The summed E-state index contributed by atoms with van der Waals surface area (Å²) in [5, 5.41) is 3.67. The number of nitrogens with zero attached hydrogens (tertiary/aromatic N) is 1. The number of pyridine rings is 1. The standard InChI is InChI=1S/C10H14ClN3/c1-3-7(2)4-14-10-8(11)5-13-6-9(10)12/h5-6H,2-4,12H2,1H3,(H,13,14). The summed E-state index contributed by atoms with van der Waals surface area (Å²) in [6, 6.07) is 0. The molecule has 0 amide bonds. The highest BCUT2D eigenvalue weighted by atomic mass is 35.5. The minimum atomic E-state index is 0.536. The normalized spacial score (nSPS) is 9.86. The van der Waals surface area contributed by atoms with Gasteiger partial charge in [-0.2, -0.15) is 0 Å². The van der Waals surface area contributed by atoms with Gasteiger partial charge < -0.3 is 11.1 Å². The molecule has 0 aromatic carbocycles. The zero-order chi connectivity index (χ0) is 10.6. The number of nitrogens with two attached hydrogens (primary N) is 1. The van der Waals surface area contributed by atoms with E-state index >= 15 is 0 Å². The van der Waals surface area contributed by atoms with Gasteiger partial charge >= 0.3 is 0 Å². The van der Waals surface area contributed by atoms with E-state index in [0.717, 1.165) is 17.7 Å². The predicted molar refractivity (Wildman–Crippen MR) is 61.6 cm³/mol. The molecule has 1 rings (SSSR count). The maximum absolute atomic E-state index is 5.92. The highest BCUT2D eigenvalue weighted by Crippen LogP contribution is 2.26. The van der Waals surface area contributed by atoms with E-state index in [0.29, 0.717) is 17.3 Å². The van der Waals surface area contributed by atoms with E-state index in [1.165, 1.54) is 0 Å². The van der Waals surface area contributed by atoms with E-state index in [1.807, 2.05) is 0 Å². The van der Waals surface area contributed by atoms with E-state index in [-0.39, 0.29) is 0 Å². The Kier molecular flexibility index (Phi) is 3.77. The lowest BCUT2D eigenvalue weighted by Crippen LogP contribution is -2.06. The van der Waals surface area contributed by atoms with Crippen LogP contribution in [0.3, 0.4) is 0 Å². The van der Waals surface area contributed by atoms with Gasteiger partial charge in [0.2, 0.25) is 0 Å². The molecule has 0 radical (unpaired) electrons. The first-order valence-electron chi connectivity index (χ1n) is 4.44. The molecule has 1 aromatic rings. The molecule has 1 aromatic heterocycles. The van der Waals surface area contributed by atoms with Crippen molar-refractivity contribution in [1.29, 1.82) is 0 Å². The molecule has 0 bridgehead atoms. The van der Waals surface area contributed by atoms with Crippen LogP contribution in [0.5, 0.6) is 0 Å². The second kappa shape index (κ2) is 4.86. The topological polar surface area (TPSA) is 50.9 Å². The molecule has 14 heavy (non-hydrogen) atoms. The third-order valence-corrected chi connectivity index (χ3v) is 2.23. The third-order valence-electron chi connectivity index (χ3n) is 1.94. The van der Waals surface area contributed by atoms with Gasteiger partial charge in [0.05, 0.1) is 22.6 Å². The van der Waals surface area contributed by atoms with Crippen molar-refractivity contribution in [1.82, 2.24) is 4.98 Å². The molecule has 0 spiro atoms. The van der Waals surface area contributed by atoms with Crippen molar-refractivity contribution in [2.45, 2.75) is 13.3 Å². The Labute approximate surface area is 89.0 Å². The summed E-state index contributed by atoms with van der Waals surface area (Å²) < 4.78 is 0. The highest BCUT2D eigenvalue weighted by molar-refractivity contribution is 6.33. The van der Waals surface area contributed by atoms with Crippen LogP contribution in [-0.4, -0.2) is 11.5 Å². The lowest BCUT2D eigenvalue weighted by molar-refractivity contribution is 1.05. The Hall–Kier alpha value is -1.22. The fraction of sp³-hybridized carbons (Fsp3) is 0.300. The average Bonchev–Trinajstić information content (AvgIpc) is 2.16. The summed E-state index contributed by atoms with van der Waals surface area (Å²) in [7, 11) is 0. The minimum Gasteiger partial charge on any atom is -0.396 e. The largest absolute Gasteiger partial charge is 0.396 e. The van der Waals surface area contributed by atoms with E-state index < -0.39 is 0 Å². The summed E-state index contributed by atoms with van der Waals surface area (Å²) in [6.45, 7) is 6.63. The van der Waals surface area contributed by atoms with Gasteiger partial charge in [-0.1, -0.05) is 30.7 Å². The van der Waals surface area contributed by atoms with Crippen LogP contribution in [0.2, 0.25) is 5.02 Å². The molecule has 3 nitrogen and oxygen atoms in total. The molecule has 0 saturated heterocycles. The second-order valence-corrected chi connectivity index (χ2v) is 3.45. The number of nitrogen functional groups attached to an aromatic ring is 1. The number of hydrogen-bond acceptors (Lipinski definition) is 3. The van der Waals surface area contributed by atoms with Crippen molar-refractivity contribution in [2.75, 3.05) is 17.6 Å². The number of nitrogens with one attached hydrogen (secondary N) is 1. The van der Waals surface area contributed by atoms with Crippen molar-refractivity contribution in [2.24, 2.45) is 0 Å². The quantitative estimate of drug-likeness (QED) is 0.753. The van der Waals surface area contributed by atoms with E-state index in [9.17, 15) is 0 Å². The van der Waals surface area contributed by atoms with Crippen molar-refractivity contribution in [3.05, 3.63) is 29.6 Å². The maximum atomic E-state index is 5.92. The van der Waals surface area contributed by atoms with E-state index in [4.69, 9.17) is 17.3 Å². The lowest BCUT2D eigenvalue weighted by atomic mass is 10.2. The Balaban J connectivity index is 2.71. The molecule has 0 aliphatic heterocycles. The predicted octanol–water partition coefficient (Wildman–Crippen LogP) is 2.70. The Morgan fingerprint density at radius 3 is 2.93 bits per heavy atom. The van der Waals surface area contributed by atoms with Crippen molar-refractivity contribution >= 4 is 23.0 Å². The molecule has 3 N–H and O–H groups in total. The smallest absolute Gasteiger partial charge is 0.0841 e. The zero-order valence-electron chi connectivity index (χ0n) is 8.18. The third kappa shape index (κ3) is 2.64. The molecule has 0 aliphatic rings. The fourth-order valence-corrected chi connectivity index (χ4v) is 1.21. The SMILES string of the molecule is C=C(CC)CNc1c(N)cncc1Cl. The molecular formula is C10H14ClN3. The monoisotopic (exact) mass is 211 g/mol. The van der Waals surface area contributed by atoms with Crippen LogP contribution in [0.1, 0.15) is 13.3 Å². The maximum Gasteiger partial charge on any atom is 0.0841 e. The van der Waals surface area contributed by atoms with Crippen LogP contribution in [0.25, 0.3) is 0 Å². The summed E-state index contributed by atoms with van der Waals surface area (Å²) in [5.41, 5.74) is 8.11. The number of halogens is 1. The van der Waals surface area contributed by atoms with Crippen LogP contribution in [-0.2, 0) is 0 Å². The average molecular weight is 212 g/mol. The first-order valence-corrected chi connectivity index (χ1v) is 4.82. The van der Waals surface area contributed by atoms with Crippen LogP contribution < -0.4 is 11.1 Å². The van der Waals surface area contributed by atoms with Gasteiger partial charge in [0, 0.05) is 12.7 Å². The highest BCUT2D eigenvalue weighted by Gasteiger charge is 2.03. The first-order chi connectivity index (χ1) is 6.65. The summed E-state index contributed by atoms with van der Waals surface area (Å²) in [4.78, 5) is 3.87. The Bertz CT molecular complexity index is 316. The van der Waals surface area contributed by atoms with Gasteiger partial charge in [0.1, 0.15) is 0 Å². The van der Waals surface area contributed by atoms with Gasteiger partial charge in [-0.3, -0.25) is 4.98 Å². The van der Waals surface area contributed by atoms with E-state index in [1.54, 1.807) is 12.4 Å². The number of rotatable bonds is 4. The Morgan fingerprint density at radius 2 is 2.36 bits per heavy atom. The van der Waals surface area contributed by atoms with Gasteiger partial charge in [-0.25, -0.2) is 0 Å². The molecule has 1 heterocycles. The van der Waals surface area contributed by atoms with Gasteiger partial charge in [-0.15, -0.1) is 0 Å². The summed E-state index contributed by atoms with van der Waals surface area (Å²) in [5.74, 6) is 0. The molecule has 0 unspecified atom stereocenters. The molecular weight excluding hydrogens is 198 g/mol. The number of aromatic nitrogens is 1.